The van der Waals surface area contributed by atoms with Crippen molar-refractivity contribution in [2.45, 2.75) is 33.7 Å². The predicted molar refractivity (Wildman–Crippen MR) is 161 cm³/mol. The van der Waals surface area contributed by atoms with Crippen LogP contribution in [0.2, 0.25) is 0 Å². The maximum atomic E-state index is 14.0. The lowest BCUT2D eigenvalue weighted by molar-refractivity contribution is 0.513. The van der Waals surface area contributed by atoms with Crippen molar-refractivity contribution in [3.63, 3.8) is 0 Å². The molecule has 1 fully saturated rings. The number of nitrogens with zero attached hydrogens (tertiary/aromatic N) is 5. The summed E-state index contributed by atoms with van der Waals surface area (Å²) in [5.74, 6) is 1.04. The number of rotatable bonds is 7. The molecule has 0 aliphatic carbocycles. The summed E-state index contributed by atoms with van der Waals surface area (Å²) in [6, 6.07) is 6.57. The minimum absolute atomic E-state index is 0.166. The summed E-state index contributed by atoms with van der Waals surface area (Å²) in [6.07, 6.45) is 10.9. The second kappa shape index (κ2) is 12.5. The average molecular weight is 539 g/mol. The maximum absolute atomic E-state index is 14.0. The van der Waals surface area contributed by atoms with Gasteiger partial charge in [0.05, 0.1) is 29.1 Å². The molecule has 0 amide bonds. The molecule has 8 nitrogen and oxygen atoms in total. The molecule has 0 atom stereocenters. The van der Waals surface area contributed by atoms with Crippen LogP contribution in [0, 0.1) is 12.7 Å². The molecule has 9 heteroatoms. The van der Waals surface area contributed by atoms with E-state index in [1.807, 2.05) is 52.0 Å². The van der Waals surface area contributed by atoms with Crippen LogP contribution < -0.4 is 21.2 Å². The summed E-state index contributed by atoms with van der Waals surface area (Å²) in [5, 5.41) is 8.88. The number of H-pyrrole nitrogens is 2. The summed E-state index contributed by atoms with van der Waals surface area (Å²) in [4.78, 5) is 19.5. The van der Waals surface area contributed by atoms with E-state index in [1.54, 1.807) is 24.5 Å². The number of hydrogen-bond donors (Lipinski definition) is 3. The largest absolute Gasteiger partial charge is 0.352 e. The highest BCUT2D eigenvalue weighted by molar-refractivity contribution is 5.88. The molecule has 40 heavy (non-hydrogen) atoms. The van der Waals surface area contributed by atoms with Gasteiger partial charge in [0.15, 0.2) is 5.82 Å². The smallest absolute Gasteiger partial charge is 0.159 e. The van der Waals surface area contributed by atoms with Crippen LogP contribution in [0.15, 0.2) is 61.5 Å². The van der Waals surface area contributed by atoms with Gasteiger partial charge in [-0.2, -0.15) is 5.10 Å². The van der Waals surface area contributed by atoms with Crippen LogP contribution >= 0.6 is 0 Å². The average Bonchev–Trinajstić information content (AvgIpc) is 3.51. The Kier molecular flexibility index (Phi) is 8.86. The van der Waals surface area contributed by atoms with E-state index in [9.17, 15) is 4.39 Å². The maximum Gasteiger partial charge on any atom is 0.159 e. The molecule has 1 aliphatic heterocycles. The lowest BCUT2D eigenvalue weighted by atomic mass is 10.0. The van der Waals surface area contributed by atoms with Gasteiger partial charge in [-0.3, -0.25) is 10.1 Å². The first-order chi connectivity index (χ1) is 19.4. The molecule has 0 bridgehead atoms. The molecular formula is C31H35FN8. The first-order valence-electron chi connectivity index (χ1n) is 13.3. The number of halogens is 1. The van der Waals surface area contributed by atoms with Crippen LogP contribution in [0.1, 0.15) is 43.4 Å². The van der Waals surface area contributed by atoms with Gasteiger partial charge in [0.1, 0.15) is 17.3 Å². The van der Waals surface area contributed by atoms with Gasteiger partial charge in [-0.05, 0) is 43.2 Å². The zero-order valence-electron chi connectivity index (χ0n) is 23.4. The molecule has 206 valence electrons. The predicted octanol–water partition coefficient (Wildman–Crippen LogP) is 4.12. The third-order valence-electron chi connectivity index (χ3n) is 6.43. The Labute approximate surface area is 233 Å². The van der Waals surface area contributed by atoms with E-state index in [1.165, 1.54) is 12.1 Å². The zero-order valence-corrected chi connectivity index (χ0v) is 23.4. The normalized spacial score (nSPS) is 14.6. The summed E-state index contributed by atoms with van der Waals surface area (Å²) in [5.41, 5.74) is 11.1. The molecule has 1 aromatic carbocycles. The summed E-state index contributed by atoms with van der Waals surface area (Å²) in [7, 11) is 0. The van der Waals surface area contributed by atoms with Crippen molar-refractivity contribution in [3.8, 4) is 11.5 Å². The molecular weight excluding hydrogens is 503 g/mol. The molecule has 0 radical (unpaired) electrons. The molecule has 4 heterocycles. The number of hydrogen-bond acceptors (Lipinski definition) is 6. The van der Waals surface area contributed by atoms with E-state index in [4.69, 9.17) is 15.7 Å². The highest BCUT2D eigenvalue weighted by Crippen LogP contribution is 2.27. The van der Waals surface area contributed by atoms with Crippen LogP contribution in [-0.4, -0.2) is 49.3 Å². The SMILES string of the molecule is C=C/C=C(/c1cccc(F)c1)c1nc(-c2n[nH]c(=C)/c2=C\C(=C/C)c2cncc(N3CC(N)C3)n2)[nH]c1C.CC. The van der Waals surface area contributed by atoms with E-state index < -0.39 is 0 Å². The molecule has 1 aliphatic rings. The van der Waals surface area contributed by atoms with Gasteiger partial charge in [-0.1, -0.05) is 57.4 Å². The van der Waals surface area contributed by atoms with Crippen LogP contribution in [0.3, 0.4) is 0 Å². The minimum atomic E-state index is -0.320. The van der Waals surface area contributed by atoms with Crippen molar-refractivity contribution < 1.29 is 4.39 Å². The molecule has 3 aromatic heterocycles. The van der Waals surface area contributed by atoms with Crippen molar-refractivity contribution >= 4 is 29.6 Å². The van der Waals surface area contributed by atoms with Crippen molar-refractivity contribution in [3.05, 3.63) is 100 Å². The monoisotopic (exact) mass is 538 g/mol. The number of benzene rings is 1. The van der Waals surface area contributed by atoms with Crippen LogP contribution in [0.25, 0.3) is 35.3 Å². The van der Waals surface area contributed by atoms with Gasteiger partial charge in [0, 0.05) is 35.6 Å². The first kappa shape index (κ1) is 28.4. The Morgan fingerprint density at radius 3 is 2.65 bits per heavy atom. The number of anilines is 1. The molecule has 5 rings (SSSR count). The highest BCUT2D eigenvalue weighted by atomic mass is 19.1. The summed E-state index contributed by atoms with van der Waals surface area (Å²) < 4.78 is 14.0. The number of imidazole rings is 1. The summed E-state index contributed by atoms with van der Waals surface area (Å²) >= 11 is 0. The van der Waals surface area contributed by atoms with Crippen LogP contribution in [0.4, 0.5) is 10.2 Å². The fraction of sp³-hybridized carbons (Fsp3) is 0.226. The molecule has 1 saturated heterocycles. The molecule has 4 N–H and O–H groups in total. The van der Waals surface area contributed by atoms with Gasteiger partial charge in [0.2, 0.25) is 0 Å². The number of nitrogens with two attached hydrogens (primary N) is 1. The fourth-order valence-corrected chi connectivity index (χ4v) is 4.45. The van der Waals surface area contributed by atoms with Gasteiger partial charge >= 0.3 is 0 Å². The second-order valence-corrected chi connectivity index (χ2v) is 9.17. The van der Waals surface area contributed by atoms with Crippen molar-refractivity contribution in [1.29, 1.82) is 0 Å². The highest BCUT2D eigenvalue weighted by Gasteiger charge is 2.24. The Hall–Kier alpha value is -4.63. The number of aryl methyl sites for hydroxylation is 1. The van der Waals surface area contributed by atoms with Gasteiger partial charge in [-0.15, -0.1) is 0 Å². The van der Waals surface area contributed by atoms with Crippen LogP contribution in [-0.2, 0) is 0 Å². The van der Waals surface area contributed by atoms with Crippen molar-refractivity contribution in [1.82, 2.24) is 30.1 Å². The van der Waals surface area contributed by atoms with Gasteiger partial charge < -0.3 is 15.6 Å². The van der Waals surface area contributed by atoms with E-state index in [2.05, 4.69) is 38.2 Å². The number of allylic oxidation sites excluding steroid dienone is 4. The molecule has 4 aromatic rings. The van der Waals surface area contributed by atoms with E-state index in [-0.39, 0.29) is 11.9 Å². The van der Waals surface area contributed by atoms with E-state index >= 15 is 0 Å². The lowest BCUT2D eigenvalue weighted by Gasteiger charge is -2.37. The molecule has 0 unspecified atom stereocenters. The minimum Gasteiger partial charge on any atom is -0.352 e. The molecule has 0 saturated carbocycles. The zero-order chi connectivity index (χ0) is 28.8. The Bertz CT molecular complexity index is 1670. The molecule has 0 spiro atoms. The fourth-order valence-electron chi connectivity index (χ4n) is 4.45. The topological polar surface area (TPSA) is 112 Å². The van der Waals surface area contributed by atoms with Gasteiger partial charge in [-0.25, -0.2) is 14.4 Å². The summed E-state index contributed by atoms with van der Waals surface area (Å²) in [6.45, 7) is 17.3. The Morgan fingerprint density at radius 1 is 1.20 bits per heavy atom. The number of nitrogens with one attached hydrogen (secondary N) is 2. The Morgan fingerprint density at radius 2 is 1.98 bits per heavy atom. The number of aromatic nitrogens is 6. The quantitative estimate of drug-likeness (QED) is 0.305. The lowest BCUT2D eigenvalue weighted by Crippen LogP contribution is -2.56. The second-order valence-electron chi connectivity index (χ2n) is 9.17. The van der Waals surface area contributed by atoms with Crippen molar-refractivity contribution in [2.75, 3.05) is 18.0 Å². The van der Waals surface area contributed by atoms with Gasteiger partial charge in [0.25, 0.3) is 0 Å². The Balaban J connectivity index is 0.00000181. The van der Waals surface area contributed by atoms with Crippen LogP contribution in [0.5, 0.6) is 0 Å². The number of aromatic amines is 2. The van der Waals surface area contributed by atoms with E-state index in [0.29, 0.717) is 28.1 Å². The van der Waals surface area contributed by atoms with Crippen molar-refractivity contribution in [2.24, 2.45) is 5.73 Å². The van der Waals surface area contributed by atoms with E-state index in [0.717, 1.165) is 46.7 Å². The third kappa shape index (κ3) is 5.84. The first-order valence-corrected chi connectivity index (χ1v) is 13.3. The standard InChI is InChI=1S/C29H29FN8.C2H6/c1-5-8-23(20-9-7-10-21(30)11-20)27-18(4)33-29(35-27)28-24(17(3)36-37-28)12-19(6-2)25-13-32-14-26(34-25)38-15-22(31)16-38;1-2/h5-14,22,36H,1,3,15-16,31H2,2,4H3,(H,33,35);1-2H3/b19-6+,23-8-,24-12+;. The third-order valence-corrected chi connectivity index (χ3v) is 6.43.